The van der Waals surface area contributed by atoms with Crippen LogP contribution in [-0.2, 0) is 6.42 Å². The Kier molecular flexibility index (Phi) is 4.14. The summed E-state index contributed by atoms with van der Waals surface area (Å²) >= 11 is 3.53. The van der Waals surface area contributed by atoms with Gasteiger partial charge in [0.1, 0.15) is 0 Å². The second kappa shape index (κ2) is 5.63. The van der Waals surface area contributed by atoms with Crippen LogP contribution in [0.25, 0.3) is 11.4 Å². The Morgan fingerprint density at radius 1 is 1.28 bits per heavy atom. The predicted octanol–water partition coefficient (Wildman–Crippen LogP) is 3.04. The molecule has 0 saturated heterocycles. The third-order valence-electron chi connectivity index (χ3n) is 2.71. The van der Waals surface area contributed by atoms with Crippen molar-refractivity contribution in [2.45, 2.75) is 26.7 Å². The van der Waals surface area contributed by atoms with Crippen molar-refractivity contribution in [3.63, 3.8) is 0 Å². The highest BCUT2D eigenvalue weighted by molar-refractivity contribution is 9.10. The van der Waals surface area contributed by atoms with Gasteiger partial charge in [-0.3, -0.25) is 0 Å². The van der Waals surface area contributed by atoms with Crippen LogP contribution >= 0.6 is 15.9 Å². The van der Waals surface area contributed by atoms with E-state index in [0.717, 1.165) is 21.2 Å². The van der Waals surface area contributed by atoms with Crippen LogP contribution in [0.5, 0.6) is 0 Å². The normalized spacial score (nSPS) is 10.9. The molecule has 2 aromatic rings. The van der Waals surface area contributed by atoms with Gasteiger partial charge in [0.25, 0.3) is 0 Å². The molecule has 4 nitrogen and oxygen atoms in total. The molecular weight excluding hydrogens is 296 g/mol. The molecule has 1 aromatic carbocycles. The van der Waals surface area contributed by atoms with Gasteiger partial charge in [0.15, 0.2) is 0 Å². The van der Waals surface area contributed by atoms with Crippen LogP contribution < -0.4 is 0 Å². The van der Waals surface area contributed by atoms with Gasteiger partial charge in [-0.25, -0.2) is 0 Å². The summed E-state index contributed by atoms with van der Waals surface area (Å²) in [4.78, 5) is 4.33. The number of benzene rings is 1. The van der Waals surface area contributed by atoms with E-state index in [1.165, 1.54) is 0 Å². The summed E-state index contributed by atoms with van der Waals surface area (Å²) in [6, 6.07) is 4.05. The van der Waals surface area contributed by atoms with E-state index >= 15 is 0 Å². The quantitative estimate of drug-likeness (QED) is 0.943. The van der Waals surface area contributed by atoms with Gasteiger partial charge in [-0.2, -0.15) is 4.98 Å². The van der Waals surface area contributed by atoms with E-state index in [4.69, 9.17) is 9.63 Å². The summed E-state index contributed by atoms with van der Waals surface area (Å²) in [5, 5.41) is 12.7. The van der Waals surface area contributed by atoms with Crippen LogP contribution in [0.2, 0.25) is 0 Å². The molecule has 0 aliphatic rings. The third kappa shape index (κ3) is 2.79. The molecule has 0 spiro atoms. The van der Waals surface area contributed by atoms with E-state index in [1.807, 2.05) is 26.0 Å². The summed E-state index contributed by atoms with van der Waals surface area (Å²) in [5.41, 5.74) is 3.24. The Morgan fingerprint density at radius 2 is 1.94 bits per heavy atom. The lowest BCUT2D eigenvalue weighted by Gasteiger charge is -2.04. The zero-order valence-corrected chi connectivity index (χ0v) is 12.0. The number of aliphatic hydroxyl groups is 1. The smallest absolute Gasteiger partial charge is 0.227 e. The minimum atomic E-state index is 0.133. The van der Waals surface area contributed by atoms with Crippen LogP contribution in [0.1, 0.15) is 23.4 Å². The van der Waals surface area contributed by atoms with Crippen LogP contribution in [0.15, 0.2) is 21.1 Å². The largest absolute Gasteiger partial charge is 0.396 e. The molecule has 0 radical (unpaired) electrons. The molecule has 2 rings (SSSR count). The van der Waals surface area contributed by atoms with E-state index < -0.39 is 0 Å². The van der Waals surface area contributed by atoms with E-state index in [1.54, 1.807) is 0 Å². The molecule has 96 valence electrons. The lowest BCUT2D eigenvalue weighted by atomic mass is 10.1. The van der Waals surface area contributed by atoms with E-state index in [-0.39, 0.29) is 6.61 Å². The molecule has 18 heavy (non-hydrogen) atoms. The van der Waals surface area contributed by atoms with Gasteiger partial charge in [-0.1, -0.05) is 21.1 Å². The average molecular weight is 311 g/mol. The van der Waals surface area contributed by atoms with Gasteiger partial charge in [0, 0.05) is 23.1 Å². The zero-order valence-electron chi connectivity index (χ0n) is 10.4. The van der Waals surface area contributed by atoms with Gasteiger partial charge >= 0.3 is 0 Å². The van der Waals surface area contributed by atoms with E-state index in [2.05, 4.69) is 26.1 Å². The van der Waals surface area contributed by atoms with Crippen LogP contribution in [0.4, 0.5) is 0 Å². The molecule has 1 aromatic heterocycles. The predicted molar refractivity (Wildman–Crippen MR) is 72.3 cm³/mol. The highest BCUT2D eigenvalue weighted by Gasteiger charge is 2.10. The molecule has 5 heteroatoms. The van der Waals surface area contributed by atoms with Crippen molar-refractivity contribution < 1.29 is 9.63 Å². The van der Waals surface area contributed by atoms with Crippen LogP contribution in [0.3, 0.4) is 0 Å². The summed E-state index contributed by atoms with van der Waals surface area (Å²) in [5.74, 6) is 1.17. The summed E-state index contributed by atoms with van der Waals surface area (Å²) in [6.45, 7) is 4.20. The zero-order chi connectivity index (χ0) is 13.1. The highest BCUT2D eigenvalue weighted by Crippen LogP contribution is 2.27. The minimum absolute atomic E-state index is 0.133. The molecule has 0 atom stereocenters. The molecule has 0 saturated carbocycles. The number of aryl methyl sites for hydroxylation is 3. The molecule has 0 fully saturated rings. The fourth-order valence-electron chi connectivity index (χ4n) is 1.78. The van der Waals surface area contributed by atoms with Gasteiger partial charge in [0.2, 0.25) is 11.7 Å². The minimum Gasteiger partial charge on any atom is -0.396 e. The molecular formula is C13H15BrN2O2. The first-order chi connectivity index (χ1) is 8.61. The first-order valence-electron chi connectivity index (χ1n) is 5.82. The maximum absolute atomic E-state index is 8.76. The molecule has 1 N–H and O–H groups in total. The standard InChI is InChI=1S/C13H15BrN2O2/c1-8-6-10(7-9(2)12(8)14)13-15-11(18-16-13)4-3-5-17/h6-7,17H,3-5H2,1-2H3. The second-order valence-corrected chi connectivity index (χ2v) is 5.06. The molecule has 0 bridgehead atoms. The first-order valence-corrected chi connectivity index (χ1v) is 6.61. The number of hydrogen-bond acceptors (Lipinski definition) is 4. The molecule has 0 aliphatic heterocycles. The first kappa shape index (κ1) is 13.2. The van der Waals surface area contributed by atoms with Gasteiger partial charge in [0.05, 0.1) is 0 Å². The SMILES string of the molecule is Cc1cc(-c2noc(CCCO)n2)cc(C)c1Br. The van der Waals surface area contributed by atoms with Crippen LogP contribution in [0, 0.1) is 13.8 Å². The molecule has 0 amide bonds. The van der Waals surface area contributed by atoms with Gasteiger partial charge in [-0.15, -0.1) is 0 Å². The Morgan fingerprint density at radius 3 is 2.56 bits per heavy atom. The number of rotatable bonds is 4. The number of aliphatic hydroxyl groups excluding tert-OH is 1. The Balaban J connectivity index is 2.28. The number of aromatic nitrogens is 2. The van der Waals surface area contributed by atoms with E-state index in [0.29, 0.717) is 24.6 Å². The fourth-order valence-corrected chi connectivity index (χ4v) is 2.01. The van der Waals surface area contributed by atoms with Crippen LogP contribution in [-0.4, -0.2) is 21.9 Å². The Bertz CT molecular complexity index is 529. The lowest BCUT2D eigenvalue weighted by molar-refractivity contribution is 0.278. The number of hydrogen-bond donors (Lipinski definition) is 1. The van der Waals surface area contributed by atoms with Crippen molar-refractivity contribution >= 4 is 15.9 Å². The van der Waals surface area contributed by atoms with Crippen molar-refractivity contribution in [1.82, 2.24) is 10.1 Å². The lowest BCUT2D eigenvalue weighted by Crippen LogP contribution is -1.90. The van der Waals surface area contributed by atoms with Crippen molar-refractivity contribution in [2.75, 3.05) is 6.61 Å². The van der Waals surface area contributed by atoms with Crippen molar-refractivity contribution in [3.8, 4) is 11.4 Å². The van der Waals surface area contributed by atoms with Crippen molar-refractivity contribution in [3.05, 3.63) is 33.6 Å². The maximum Gasteiger partial charge on any atom is 0.227 e. The second-order valence-electron chi connectivity index (χ2n) is 4.26. The van der Waals surface area contributed by atoms with Crippen molar-refractivity contribution in [2.24, 2.45) is 0 Å². The third-order valence-corrected chi connectivity index (χ3v) is 3.96. The molecule has 1 heterocycles. The van der Waals surface area contributed by atoms with Gasteiger partial charge < -0.3 is 9.63 Å². The van der Waals surface area contributed by atoms with Gasteiger partial charge in [-0.05, 0) is 43.5 Å². The summed E-state index contributed by atoms with van der Waals surface area (Å²) in [7, 11) is 0. The highest BCUT2D eigenvalue weighted by atomic mass is 79.9. The molecule has 0 aliphatic carbocycles. The number of nitrogens with zero attached hydrogens (tertiary/aromatic N) is 2. The summed E-state index contributed by atoms with van der Waals surface area (Å²) in [6.07, 6.45) is 1.25. The maximum atomic E-state index is 8.76. The molecule has 0 unspecified atom stereocenters. The van der Waals surface area contributed by atoms with Crippen molar-refractivity contribution in [1.29, 1.82) is 0 Å². The number of halogens is 1. The average Bonchev–Trinajstić information content (AvgIpc) is 2.81. The van der Waals surface area contributed by atoms with E-state index in [9.17, 15) is 0 Å². The Hall–Kier alpha value is -1.20. The fraction of sp³-hybridized carbons (Fsp3) is 0.385. The Labute approximate surface area is 114 Å². The monoisotopic (exact) mass is 310 g/mol. The summed E-state index contributed by atoms with van der Waals surface area (Å²) < 4.78 is 6.25. The topological polar surface area (TPSA) is 59.2 Å².